The molecule has 0 unspecified atom stereocenters. The van der Waals surface area contributed by atoms with Crippen LogP contribution in [0.15, 0.2) is 121 Å². The molecule has 0 saturated heterocycles. The molecule has 0 radical (unpaired) electrons. The average molecular weight is 454 g/mol. The molecule has 168 valence electrons. The molecule has 0 amide bonds. The summed E-state index contributed by atoms with van der Waals surface area (Å²) in [6, 6.07) is 43.0. The molecule has 0 aliphatic rings. The highest BCUT2D eigenvalue weighted by Gasteiger charge is 2.55. The minimum absolute atomic E-state index is 0.0309. The van der Waals surface area contributed by atoms with Crippen LogP contribution in [0.1, 0.15) is 26.3 Å². The molecule has 33 heavy (non-hydrogen) atoms. The summed E-state index contributed by atoms with van der Waals surface area (Å²) in [5.74, 6) is 0. The van der Waals surface area contributed by atoms with Crippen molar-refractivity contribution in [2.75, 3.05) is 0 Å². The van der Waals surface area contributed by atoms with Gasteiger partial charge >= 0.3 is 0 Å². The maximum absolute atomic E-state index is 12.1. The van der Waals surface area contributed by atoms with Crippen molar-refractivity contribution in [3.63, 3.8) is 0 Å². The van der Waals surface area contributed by atoms with Crippen molar-refractivity contribution in [1.82, 2.24) is 0 Å². The molecule has 0 aromatic heterocycles. The van der Waals surface area contributed by atoms with E-state index in [1.165, 1.54) is 21.5 Å². The summed E-state index contributed by atoms with van der Waals surface area (Å²) >= 11 is 0. The summed E-state index contributed by atoms with van der Waals surface area (Å²) in [6.45, 7) is 6.67. The van der Waals surface area contributed by atoms with Crippen LogP contribution in [0, 0.1) is 5.41 Å². The van der Waals surface area contributed by atoms with Crippen molar-refractivity contribution in [1.29, 1.82) is 0 Å². The highest BCUT2D eigenvalue weighted by molar-refractivity contribution is 7.96. The van der Waals surface area contributed by atoms with Gasteiger partial charge in [-0.3, -0.25) is 0 Å². The van der Waals surface area contributed by atoms with Gasteiger partial charge in [0.05, 0.1) is 6.10 Å². The van der Waals surface area contributed by atoms with Crippen molar-refractivity contribution < 1.29 is 5.11 Å². The van der Waals surface area contributed by atoms with Crippen LogP contribution in [-0.2, 0) is 6.42 Å². The first kappa shape index (κ1) is 23.4. The molecule has 1 nitrogen and oxygen atoms in total. The normalized spacial score (nSPS) is 13.9. The number of rotatable bonds is 8. The molecular formula is C31H34OP+. The average Bonchev–Trinajstić information content (AvgIpc) is 2.86. The second-order valence-corrected chi connectivity index (χ2v) is 13.4. The molecular weight excluding hydrogens is 419 g/mol. The Morgan fingerprint density at radius 1 is 0.606 bits per heavy atom. The molecule has 4 aromatic carbocycles. The third kappa shape index (κ3) is 4.67. The van der Waals surface area contributed by atoms with Gasteiger partial charge in [0.15, 0.2) is 0 Å². The molecule has 0 aliphatic heterocycles. The number of hydrogen-bond donors (Lipinski definition) is 1. The van der Waals surface area contributed by atoms with Gasteiger partial charge < -0.3 is 5.11 Å². The zero-order valence-electron chi connectivity index (χ0n) is 19.8. The maximum Gasteiger partial charge on any atom is 0.117 e. The zero-order chi connectivity index (χ0) is 23.3. The Bertz CT molecular complexity index is 1030. The fourth-order valence-electron chi connectivity index (χ4n) is 5.23. The van der Waals surface area contributed by atoms with E-state index in [1.807, 2.05) is 6.07 Å². The highest BCUT2D eigenvalue weighted by Crippen LogP contribution is 2.62. The van der Waals surface area contributed by atoms with E-state index >= 15 is 0 Å². The van der Waals surface area contributed by atoms with Crippen LogP contribution in [0.25, 0.3) is 0 Å². The van der Waals surface area contributed by atoms with Crippen molar-refractivity contribution in [2.45, 2.75) is 39.0 Å². The lowest BCUT2D eigenvalue weighted by Gasteiger charge is -2.41. The topological polar surface area (TPSA) is 20.2 Å². The minimum atomic E-state index is -2.15. The fraction of sp³-hybridized carbons (Fsp3) is 0.226. The molecule has 0 spiro atoms. The van der Waals surface area contributed by atoms with E-state index in [2.05, 4.69) is 136 Å². The molecule has 0 fully saturated rings. The lowest BCUT2D eigenvalue weighted by molar-refractivity contribution is 0.0507. The van der Waals surface area contributed by atoms with Crippen LogP contribution in [-0.4, -0.2) is 16.9 Å². The van der Waals surface area contributed by atoms with Gasteiger partial charge in [-0.1, -0.05) is 98.8 Å². The number of benzene rings is 4. The minimum Gasteiger partial charge on any atom is -0.388 e. The number of aliphatic hydroxyl groups excluding tert-OH is 1. The lowest BCUT2D eigenvalue weighted by atomic mass is 9.79. The standard InChI is InChI=1S/C31H34OP/c1-25(30(32)31(2,3)24-26-16-8-4-9-17-26)33(27-18-10-5-11-19-27,28-20-12-6-13-21-28)29-22-14-7-15-23-29/h4-23,25,30,32H,24H2,1-3H3/q+1/t25-,30+/m1/s1. The molecule has 1 N–H and O–H groups in total. The van der Waals surface area contributed by atoms with Gasteiger partial charge in [-0.2, -0.15) is 0 Å². The van der Waals surface area contributed by atoms with Crippen molar-refractivity contribution in [3.05, 3.63) is 127 Å². The van der Waals surface area contributed by atoms with Gasteiger partial charge in [-0.05, 0) is 60.7 Å². The Balaban J connectivity index is 1.89. The Morgan fingerprint density at radius 3 is 1.30 bits per heavy atom. The molecule has 4 aromatic rings. The van der Waals surface area contributed by atoms with Crippen LogP contribution in [0.3, 0.4) is 0 Å². The molecule has 2 atom stereocenters. The monoisotopic (exact) mass is 453 g/mol. The van der Waals surface area contributed by atoms with Crippen molar-refractivity contribution in [3.8, 4) is 0 Å². The summed E-state index contributed by atoms with van der Waals surface area (Å²) in [4.78, 5) is 0. The van der Waals surface area contributed by atoms with E-state index < -0.39 is 13.4 Å². The van der Waals surface area contributed by atoms with Gasteiger partial charge in [0.25, 0.3) is 0 Å². The largest absolute Gasteiger partial charge is 0.388 e. The molecule has 0 saturated carbocycles. The van der Waals surface area contributed by atoms with E-state index in [0.717, 1.165) is 6.42 Å². The SMILES string of the molecule is C[C@H]([C@H](O)C(C)(C)Cc1ccccc1)[P+](c1ccccc1)(c1ccccc1)c1ccccc1. The van der Waals surface area contributed by atoms with Crippen LogP contribution >= 0.6 is 7.26 Å². The Morgan fingerprint density at radius 2 is 0.939 bits per heavy atom. The Kier molecular flexibility index (Phi) is 7.13. The number of aliphatic hydroxyl groups is 1. The molecule has 0 bridgehead atoms. The summed E-state index contributed by atoms with van der Waals surface area (Å²) in [7, 11) is -2.15. The molecule has 4 rings (SSSR count). The van der Waals surface area contributed by atoms with Crippen LogP contribution in [0.4, 0.5) is 0 Å². The van der Waals surface area contributed by atoms with Crippen LogP contribution < -0.4 is 15.9 Å². The first-order valence-electron chi connectivity index (χ1n) is 11.7. The van der Waals surface area contributed by atoms with Gasteiger partial charge in [0, 0.05) is 0 Å². The van der Waals surface area contributed by atoms with E-state index in [9.17, 15) is 5.11 Å². The maximum atomic E-state index is 12.1. The van der Waals surface area contributed by atoms with E-state index in [-0.39, 0.29) is 11.1 Å². The Labute approximate surface area is 199 Å². The second-order valence-electron chi connectivity index (χ2n) is 9.57. The summed E-state index contributed by atoms with van der Waals surface area (Å²) < 4.78 is 0. The number of hydrogen-bond acceptors (Lipinski definition) is 1. The summed E-state index contributed by atoms with van der Waals surface area (Å²) in [6.07, 6.45) is 0.337. The first-order chi connectivity index (χ1) is 16.0. The van der Waals surface area contributed by atoms with E-state index in [0.29, 0.717) is 0 Å². The zero-order valence-corrected chi connectivity index (χ0v) is 20.7. The predicted octanol–water partition coefficient (Wildman–Crippen LogP) is 6.00. The quantitative estimate of drug-likeness (QED) is 0.325. The van der Waals surface area contributed by atoms with Crippen LogP contribution in [0.2, 0.25) is 0 Å². The first-order valence-corrected chi connectivity index (χ1v) is 13.6. The third-order valence-electron chi connectivity index (χ3n) is 6.86. The molecule has 2 heteroatoms. The smallest absolute Gasteiger partial charge is 0.117 e. The Hall–Kier alpha value is -2.73. The second kappa shape index (κ2) is 10.0. The predicted molar refractivity (Wildman–Crippen MR) is 145 cm³/mol. The van der Waals surface area contributed by atoms with E-state index in [1.54, 1.807) is 0 Å². The fourth-order valence-corrected chi connectivity index (χ4v) is 10.3. The van der Waals surface area contributed by atoms with Gasteiger partial charge in [0.2, 0.25) is 0 Å². The van der Waals surface area contributed by atoms with Crippen LogP contribution in [0.5, 0.6) is 0 Å². The molecule has 0 heterocycles. The van der Waals surface area contributed by atoms with E-state index in [4.69, 9.17) is 0 Å². The molecule has 0 aliphatic carbocycles. The summed E-state index contributed by atoms with van der Waals surface area (Å²) in [5.41, 5.74) is 1.00. The van der Waals surface area contributed by atoms with Gasteiger partial charge in [0.1, 0.15) is 28.8 Å². The van der Waals surface area contributed by atoms with Crippen molar-refractivity contribution >= 4 is 23.2 Å². The van der Waals surface area contributed by atoms with Gasteiger partial charge in [-0.25, -0.2) is 0 Å². The summed E-state index contributed by atoms with van der Waals surface area (Å²) in [5, 5.41) is 16.0. The van der Waals surface area contributed by atoms with Gasteiger partial charge in [-0.15, -0.1) is 0 Å². The van der Waals surface area contributed by atoms with Crippen molar-refractivity contribution in [2.24, 2.45) is 5.41 Å². The third-order valence-corrected chi connectivity index (χ3v) is 11.7. The highest BCUT2D eigenvalue weighted by atomic mass is 31.2. The lowest BCUT2D eigenvalue weighted by Crippen LogP contribution is -2.48.